The molecular formula is C20H25N3O3S. The molecular weight excluding hydrogens is 362 g/mol. The molecule has 0 aromatic heterocycles. The van der Waals surface area contributed by atoms with Crippen LogP contribution in [0.2, 0.25) is 0 Å². The number of benzene rings is 2. The molecule has 0 aliphatic rings. The monoisotopic (exact) mass is 387 g/mol. The Bertz CT molecular complexity index is 960. The zero-order chi connectivity index (χ0) is 20.0. The third kappa shape index (κ3) is 5.40. The number of hydrogen-bond acceptors (Lipinski definition) is 4. The topological polar surface area (TPSA) is 87.6 Å². The predicted octanol–water partition coefficient (Wildman–Crippen LogP) is 4.01. The highest BCUT2D eigenvalue weighted by Gasteiger charge is 2.17. The fourth-order valence-corrected chi connectivity index (χ4v) is 3.72. The number of hydrazone groups is 1. The van der Waals surface area contributed by atoms with Gasteiger partial charge in [0.1, 0.15) is 0 Å². The van der Waals surface area contributed by atoms with Gasteiger partial charge in [-0.2, -0.15) is 5.10 Å². The zero-order valence-corrected chi connectivity index (χ0v) is 16.9. The molecule has 2 rings (SSSR count). The lowest BCUT2D eigenvalue weighted by molar-refractivity contribution is 0.0954. The lowest BCUT2D eigenvalue weighted by Gasteiger charge is -2.12. The summed E-state index contributed by atoms with van der Waals surface area (Å²) in [6.45, 7) is 7.70. The fraction of sp³-hybridized carbons (Fsp3) is 0.300. The Morgan fingerprint density at radius 2 is 1.74 bits per heavy atom. The number of rotatable bonds is 7. The van der Waals surface area contributed by atoms with Crippen molar-refractivity contribution >= 4 is 27.3 Å². The minimum atomic E-state index is -3.81. The molecule has 2 aromatic carbocycles. The summed E-state index contributed by atoms with van der Waals surface area (Å²) in [6, 6.07) is 11.4. The average molecular weight is 388 g/mol. The lowest BCUT2D eigenvalue weighted by Crippen LogP contribution is -2.20. The molecule has 0 fully saturated rings. The Balaban J connectivity index is 2.25. The number of carbonyl (C=O) groups is 1. The molecule has 2 aromatic rings. The van der Waals surface area contributed by atoms with Crippen molar-refractivity contribution in [1.82, 2.24) is 5.43 Å². The van der Waals surface area contributed by atoms with Crippen molar-refractivity contribution in [3.05, 3.63) is 59.2 Å². The Hall–Kier alpha value is -2.67. The molecule has 7 heteroatoms. The molecule has 0 spiro atoms. The molecule has 27 heavy (non-hydrogen) atoms. The van der Waals surface area contributed by atoms with Gasteiger partial charge >= 0.3 is 0 Å². The van der Waals surface area contributed by atoms with Crippen molar-refractivity contribution in [3.8, 4) is 0 Å². The molecule has 0 radical (unpaired) electrons. The Morgan fingerprint density at radius 1 is 1.04 bits per heavy atom. The molecule has 0 saturated heterocycles. The van der Waals surface area contributed by atoms with E-state index in [1.807, 2.05) is 39.8 Å². The quantitative estimate of drug-likeness (QED) is 0.556. The van der Waals surface area contributed by atoms with Gasteiger partial charge in [-0.3, -0.25) is 9.52 Å². The van der Waals surface area contributed by atoms with Gasteiger partial charge in [0, 0.05) is 11.3 Å². The van der Waals surface area contributed by atoms with Crippen LogP contribution in [0.1, 0.15) is 48.2 Å². The van der Waals surface area contributed by atoms with Crippen molar-refractivity contribution in [3.63, 3.8) is 0 Å². The van der Waals surface area contributed by atoms with Gasteiger partial charge in [-0.1, -0.05) is 37.6 Å². The smallest absolute Gasteiger partial charge is 0.271 e. The van der Waals surface area contributed by atoms with Crippen molar-refractivity contribution in [2.75, 3.05) is 4.72 Å². The van der Waals surface area contributed by atoms with Crippen molar-refractivity contribution in [1.29, 1.82) is 0 Å². The van der Waals surface area contributed by atoms with Crippen LogP contribution in [0, 0.1) is 13.8 Å². The normalized spacial score (nSPS) is 11.0. The van der Waals surface area contributed by atoms with E-state index in [4.69, 9.17) is 0 Å². The van der Waals surface area contributed by atoms with E-state index in [0.717, 1.165) is 29.7 Å². The first-order chi connectivity index (χ1) is 12.8. The molecule has 144 valence electrons. The summed E-state index contributed by atoms with van der Waals surface area (Å²) in [5.41, 5.74) is 5.96. The van der Waals surface area contributed by atoms with Crippen LogP contribution >= 0.6 is 0 Å². The zero-order valence-electron chi connectivity index (χ0n) is 16.0. The maximum atomic E-state index is 12.7. The SMILES string of the molecule is CCC(CC)=NNC(=O)c1cccc(S(=O)(=O)Nc2ccc(C)cc2C)c1. The van der Waals surface area contributed by atoms with Crippen LogP contribution in [0.3, 0.4) is 0 Å². The molecule has 2 N–H and O–H groups in total. The summed E-state index contributed by atoms with van der Waals surface area (Å²) in [5.74, 6) is -0.446. The van der Waals surface area contributed by atoms with E-state index in [0.29, 0.717) is 5.69 Å². The van der Waals surface area contributed by atoms with Crippen LogP contribution in [-0.4, -0.2) is 20.0 Å². The number of aryl methyl sites for hydroxylation is 2. The van der Waals surface area contributed by atoms with Crippen LogP contribution in [-0.2, 0) is 10.0 Å². The fourth-order valence-electron chi connectivity index (χ4n) is 2.54. The molecule has 0 aliphatic carbocycles. The van der Waals surface area contributed by atoms with Crippen LogP contribution in [0.25, 0.3) is 0 Å². The maximum Gasteiger partial charge on any atom is 0.271 e. The summed E-state index contributed by atoms with van der Waals surface area (Å²) in [6.07, 6.45) is 1.48. The van der Waals surface area contributed by atoms with Gasteiger partial charge in [0.05, 0.1) is 10.6 Å². The van der Waals surface area contributed by atoms with Gasteiger partial charge in [0.2, 0.25) is 0 Å². The first kappa shape index (κ1) is 20.6. The predicted molar refractivity (Wildman–Crippen MR) is 109 cm³/mol. The van der Waals surface area contributed by atoms with Crippen LogP contribution in [0.4, 0.5) is 5.69 Å². The maximum absolute atomic E-state index is 12.7. The van der Waals surface area contributed by atoms with Crippen LogP contribution < -0.4 is 10.1 Å². The number of amides is 1. The van der Waals surface area contributed by atoms with Crippen molar-refractivity contribution in [2.24, 2.45) is 5.10 Å². The largest absolute Gasteiger partial charge is 0.279 e. The Morgan fingerprint density at radius 3 is 2.37 bits per heavy atom. The third-order valence-corrected chi connectivity index (χ3v) is 5.53. The molecule has 0 heterocycles. The summed E-state index contributed by atoms with van der Waals surface area (Å²) < 4.78 is 28.0. The molecule has 0 aliphatic heterocycles. The minimum Gasteiger partial charge on any atom is -0.279 e. The lowest BCUT2D eigenvalue weighted by atomic mass is 10.1. The first-order valence-electron chi connectivity index (χ1n) is 8.82. The summed E-state index contributed by atoms with van der Waals surface area (Å²) in [7, 11) is -3.81. The highest BCUT2D eigenvalue weighted by atomic mass is 32.2. The molecule has 0 saturated carbocycles. The van der Waals surface area contributed by atoms with Crippen molar-refractivity contribution < 1.29 is 13.2 Å². The Kier molecular flexibility index (Phi) is 6.74. The number of hydrogen-bond donors (Lipinski definition) is 2. The van der Waals surface area contributed by atoms with Gasteiger partial charge in [-0.05, 0) is 56.5 Å². The van der Waals surface area contributed by atoms with E-state index in [1.54, 1.807) is 12.1 Å². The number of nitrogens with one attached hydrogen (secondary N) is 2. The second-order valence-electron chi connectivity index (χ2n) is 6.28. The third-order valence-electron chi connectivity index (χ3n) is 4.16. The van der Waals surface area contributed by atoms with E-state index in [-0.39, 0.29) is 10.5 Å². The summed E-state index contributed by atoms with van der Waals surface area (Å²) in [4.78, 5) is 12.3. The first-order valence-corrected chi connectivity index (χ1v) is 10.3. The van der Waals surface area contributed by atoms with Crippen molar-refractivity contribution in [2.45, 2.75) is 45.4 Å². The molecule has 0 bridgehead atoms. The highest BCUT2D eigenvalue weighted by molar-refractivity contribution is 7.92. The highest BCUT2D eigenvalue weighted by Crippen LogP contribution is 2.21. The van der Waals surface area contributed by atoms with E-state index in [9.17, 15) is 13.2 Å². The molecule has 0 unspecified atom stereocenters. The molecule has 0 atom stereocenters. The second kappa shape index (κ2) is 8.81. The number of nitrogens with zero attached hydrogens (tertiary/aromatic N) is 1. The summed E-state index contributed by atoms with van der Waals surface area (Å²) >= 11 is 0. The molecule has 1 amide bonds. The van der Waals surface area contributed by atoms with Crippen LogP contribution in [0.5, 0.6) is 0 Å². The molecule has 6 nitrogen and oxygen atoms in total. The number of carbonyl (C=O) groups excluding carboxylic acids is 1. The summed E-state index contributed by atoms with van der Waals surface area (Å²) in [5, 5.41) is 4.07. The van der Waals surface area contributed by atoms with E-state index in [2.05, 4.69) is 15.2 Å². The van der Waals surface area contributed by atoms with Gasteiger partial charge in [0.15, 0.2) is 0 Å². The second-order valence-corrected chi connectivity index (χ2v) is 7.96. The van der Waals surface area contributed by atoms with E-state index in [1.165, 1.54) is 18.2 Å². The van der Waals surface area contributed by atoms with Crippen LogP contribution in [0.15, 0.2) is 52.5 Å². The van der Waals surface area contributed by atoms with E-state index >= 15 is 0 Å². The van der Waals surface area contributed by atoms with Gasteiger partial charge < -0.3 is 0 Å². The standard InChI is InChI=1S/C20H25N3O3S/c1-5-17(6-2)21-22-20(24)16-8-7-9-18(13-16)27(25,26)23-19-11-10-14(3)12-15(19)4/h7-13,23H,5-6H2,1-4H3,(H,22,24). The number of sulfonamides is 1. The van der Waals surface area contributed by atoms with Gasteiger partial charge in [-0.15, -0.1) is 0 Å². The average Bonchev–Trinajstić information content (AvgIpc) is 2.65. The van der Waals surface area contributed by atoms with E-state index < -0.39 is 15.9 Å². The minimum absolute atomic E-state index is 0.0188. The van der Waals surface area contributed by atoms with Gasteiger partial charge in [-0.25, -0.2) is 13.8 Å². The number of anilines is 1. The van der Waals surface area contributed by atoms with Gasteiger partial charge in [0.25, 0.3) is 15.9 Å². The Labute approximate surface area is 160 Å².